The van der Waals surface area contributed by atoms with Gasteiger partial charge >= 0.3 is 0 Å². The van der Waals surface area contributed by atoms with Gasteiger partial charge in [0.15, 0.2) is 0 Å². The molecule has 0 N–H and O–H groups in total. The topological polar surface area (TPSA) is 30.0 Å². The van der Waals surface area contributed by atoms with Crippen molar-refractivity contribution in [2.45, 2.75) is 13.3 Å². The number of aromatic nitrogens is 1. The maximum atomic E-state index is 13.0. The minimum Gasteiger partial charge on any atom is -0.303 e. The molecule has 0 amide bonds. The second kappa shape index (κ2) is 3.23. The smallest absolute Gasteiger partial charge is 0.148 e. The van der Waals surface area contributed by atoms with Gasteiger partial charge in [0, 0.05) is 12.6 Å². The van der Waals surface area contributed by atoms with Crippen LogP contribution < -0.4 is 0 Å². The maximum absolute atomic E-state index is 13.0. The molecule has 0 bridgehead atoms. The molecule has 1 rings (SSSR count). The number of halogens is 1. The van der Waals surface area contributed by atoms with Crippen LogP contribution in [-0.4, -0.2) is 11.3 Å². The van der Waals surface area contributed by atoms with Crippen molar-refractivity contribution < 1.29 is 9.18 Å². The number of hydrogen-bond acceptors (Lipinski definition) is 2. The van der Waals surface area contributed by atoms with Crippen LogP contribution in [0.25, 0.3) is 0 Å². The van der Waals surface area contributed by atoms with E-state index in [9.17, 15) is 9.18 Å². The highest BCUT2D eigenvalue weighted by Crippen LogP contribution is 2.08. The summed E-state index contributed by atoms with van der Waals surface area (Å²) in [7, 11) is 0. The van der Waals surface area contributed by atoms with E-state index >= 15 is 0 Å². The van der Waals surface area contributed by atoms with Gasteiger partial charge in [0.25, 0.3) is 0 Å². The van der Waals surface area contributed by atoms with Crippen molar-refractivity contribution in [2.75, 3.05) is 0 Å². The lowest BCUT2D eigenvalue weighted by Gasteiger charge is -1.98. The molecule has 0 aliphatic carbocycles. The van der Waals surface area contributed by atoms with Crippen LogP contribution in [0.15, 0.2) is 12.3 Å². The Bertz CT molecular complexity index is 273. The molecule has 1 aromatic rings. The lowest BCUT2D eigenvalue weighted by Crippen LogP contribution is -1.97. The second-order valence-corrected chi connectivity index (χ2v) is 2.26. The molecule has 11 heavy (non-hydrogen) atoms. The largest absolute Gasteiger partial charge is 0.303 e. The zero-order valence-corrected chi connectivity index (χ0v) is 6.17. The van der Waals surface area contributed by atoms with Crippen molar-refractivity contribution in [2.24, 2.45) is 0 Å². The molecule has 0 radical (unpaired) electrons. The number of pyridine rings is 1. The standard InChI is InChI=1S/C8H8FNO/c1-6-2-4-10-7(3-5-11)8(6)9/h2,4-5H,3H2,1H3. The summed E-state index contributed by atoms with van der Waals surface area (Å²) in [5.41, 5.74) is 0.747. The summed E-state index contributed by atoms with van der Waals surface area (Å²) >= 11 is 0. The number of nitrogens with zero attached hydrogens (tertiary/aromatic N) is 1. The van der Waals surface area contributed by atoms with Crippen molar-refractivity contribution >= 4 is 6.29 Å². The zero-order valence-electron chi connectivity index (χ0n) is 6.17. The predicted octanol–water partition coefficient (Wildman–Crippen LogP) is 1.27. The molecule has 2 nitrogen and oxygen atoms in total. The molecular weight excluding hydrogens is 145 g/mol. The summed E-state index contributed by atoms with van der Waals surface area (Å²) in [6.07, 6.45) is 2.19. The van der Waals surface area contributed by atoms with Gasteiger partial charge in [-0.15, -0.1) is 0 Å². The quantitative estimate of drug-likeness (QED) is 0.599. The number of carbonyl (C=O) groups is 1. The predicted molar refractivity (Wildman–Crippen MR) is 38.7 cm³/mol. The first-order chi connectivity index (χ1) is 5.25. The molecule has 0 aliphatic heterocycles. The van der Waals surface area contributed by atoms with E-state index in [2.05, 4.69) is 4.98 Å². The normalized spacial score (nSPS) is 9.64. The summed E-state index contributed by atoms with van der Waals surface area (Å²) in [4.78, 5) is 13.8. The summed E-state index contributed by atoms with van der Waals surface area (Å²) in [6, 6.07) is 1.57. The Morgan fingerprint density at radius 2 is 2.45 bits per heavy atom. The van der Waals surface area contributed by atoms with E-state index in [0.717, 1.165) is 0 Å². The summed E-state index contributed by atoms with van der Waals surface area (Å²) < 4.78 is 13.0. The molecule has 0 atom stereocenters. The van der Waals surface area contributed by atoms with Crippen LogP contribution in [0.1, 0.15) is 11.3 Å². The average molecular weight is 153 g/mol. The first-order valence-electron chi connectivity index (χ1n) is 3.29. The van der Waals surface area contributed by atoms with Gasteiger partial charge < -0.3 is 4.79 Å². The third-order valence-electron chi connectivity index (χ3n) is 1.43. The van der Waals surface area contributed by atoms with Crippen LogP contribution in [0, 0.1) is 12.7 Å². The van der Waals surface area contributed by atoms with Gasteiger partial charge in [0.2, 0.25) is 0 Å². The van der Waals surface area contributed by atoms with Gasteiger partial charge in [-0.1, -0.05) is 0 Å². The number of hydrogen-bond donors (Lipinski definition) is 0. The van der Waals surface area contributed by atoms with Crippen LogP contribution in [-0.2, 0) is 11.2 Å². The second-order valence-electron chi connectivity index (χ2n) is 2.26. The Morgan fingerprint density at radius 1 is 1.73 bits per heavy atom. The Labute approximate surface area is 64.1 Å². The fraction of sp³-hybridized carbons (Fsp3) is 0.250. The van der Waals surface area contributed by atoms with Crippen molar-refractivity contribution in [3.05, 3.63) is 29.3 Å². The van der Waals surface area contributed by atoms with E-state index in [1.165, 1.54) is 6.20 Å². The van der Waals surface area contributed by atoms with E-state index in [1.807, 2.05) is 0 Å². The highest BCUT2D eigenvalue weighted by Gasteiger charge is 2.04. The zero-order chi connectivity index (χ0) is 8.27. The number of aldehydes is 1. The number of aryl methyl sites for hydroxylation is 1. The first kappa shape index (κ1) is 7.85. The summed E-state index contributed by atoms with van der Waals surface area (Å²) in [5.74, 6) is -0.375. The van der Waals surface area contributed by atoms with Crippen LogP contribution in [0.5, 0.6) is 0 Å². The molecule has 1 aromatic heterocycles. The van der Waals surface area contributed by atoms with E-state index in [4.69, 9.17) is 0 Å². The lowest BCUT2D eigenvalue weighted by molar-refractivity contribution is -0.107. The van der Waals surface area contributed by atoms with Crippen LogP contribution in [0.3, 0.4) is 0 Å². The van der Waals surface area contributed by atoms with Crippen molar-refractivity contribution in [3.8, 4) is 0 Å². The Hall–Kier alpha value is -1.25. The molecule has 3 heteroatoms. The van der Waals surface area contributed by atoms with Gasteiger partial charge in [-0.05, 0) is 18.6 Å². The van der Waals surface area contributed by atoms with Gasteiger partial charge in [-0.3, -0.25) is 4.98 Å². The van der Waals surface area contributed by atoms with E-state index in [0.29, 0.717) is 11.8 Å². The number of rotatable bonds is 2. The molecule has 0 saturated carbocycles. The van der Waals surface area contributed by atoms with Crippen molar-refractivity contribution in [1.29, 1.82) is 0 Å². The Morgan fingerprint density at radius 3 is 3.09 bits per heavy atom. The van der Waals surface area contributed by atoms with Gasteiger partial charge in [0.05, 0.1) is 5.69 Å². The van der Waals surface area contributed by atoms with Crippen molar-refractivity contribution in [1.82, 2.24) is 4.98 Å². The molecule has 0 unspecified atom stereocenters. The number of carbonyl (C=O) groups excluding carboxylic acids is 1. The third-order valence-corrected chi connectivity index (χ3v) is 1.43. The summed E-state index contributed by atoms with van der Waals surface area (Å²) in [5, 5.41) is 0. The van der Waals surface area contributed by atoms with Gasteiger partial charge in [-0.2, -0.15) is 0 Å². The van der Waals surface area contributed by atoms with Crippen LogP contribution >= 0.6 is 0 Å². The maximum Gasteiger partial charge on any atom is 0.148 e. The fourth-order valence-electron chi connectivity index (χ4n) is 0.818. The summed E-state index contributed by atoms with van der Waals surface area (Å²) in [6.45, 7) is 1.64. The molecule has 0 fully saturated rings. The molecule has 1 heterocycles. The van der Waals surface area contributed by atoms with Gasteiger partial charge in [0.1, 0.15) is 12.1 Å². The SMILES string of the molecule is Cc1ccnc(CC=O)c1F. The van der Waals surface area contributed by atoms with Crippen LogP contribution in [0.4, 0.5) is 4.39 Å². The molecule has 58 valence electrons. The van der Waals surface area contributed by atoms with Crippen LogP contribution in [0.2, 0.25) is 0 Å². The molecule has 0 spiro atoms. The first-order valence-corrected chi connectivity index (χ1v) is 3.29. The minimum absolute atomic E-state index is 0.0491. The van der Waals surface area contributed by atoms with Crippen molar-refractivity contribution in [3.63, 3.8) is 0 Å². The van der Waals surface area contributed by atoms with E-state index < -0.39 is 0 Å². The fourth-order valence-corrected chi connectivity index (χ4v) is 0.818. The molecule has 0 aromatic carbocycles. The molecule has 0 saturated heterocycles. The lowest BCUT2D eigenvalue weighted by atomic mass is 10.2. The minimum atomic E-state index is -0.375. The Kier molecular flexibility index (Phi) is 2.31. The Balaban J connectivity index is 3.05. The van der Waals surface area contributed by atoms with E-state index in [1.54, 1.807) is 13.0 Å². The highest BCUT2D eigenvalue weighted by atomic mass is 19.1. The van der Waals surface area contributed by atoms with E-state index in [-0.39, 0.29) is 17.9 Å². The molecule has 0 aliphatic rings. The average Bonchev–Trinajstić information content (AvgIpc) is 1.99. The third kappa shape index (κ3) is 1.61. The van der Waals surface area contributed by atoms with Gasteiger partial charge in [-0.25, -0.2) is 4.39 Å². The monoisotopic (exact) mass is 153 g/mol. The molecular formula is C8H8FNO. The highest BCUT2D eigenvalue weighted by molar-refractivity contribution is 5.53.